The second kappa shape index (κ2) is 10.7. The first-order chi connectivity index (χ1) is 15.0. The second-order valence-corrected chi connectivity index (χ2v) is 8.17. The topological polar surface area (TPSA) is 93.5 Å². The zero-order valence-electron chi connectivity index (χ0n) is 18.5. The van der Waals surface area contributed by atoms with Gasteiger partial charge in [-0.2, -0.15) is 5.26 Å². The molecule has 6 heteroatoms. The van der Waals surface area contributed by atoms with Gasteiger partial charge in [0.05, 0.1) is 17.3 Å². The summed E-state index contributed by atoms with van der Waals surface area (Å²) in [4.78, 5) is 8.89. The fourth-order valence-electron chi connectivity index (χ4n) is 3.61. The number of aromatic nitrogens is 1. The number of allylic oxidation sites excluding steroid dienone is 1. The zero-order chi connectivity index (χ0) is 22.2. The molecule has 0 radical (unpaired) electrons. The number of nitrogens with zero attached hydrogens (tertiary/aromatic N) is 3. The Morgan fingerprint density at radius 2 is 2.10 bits per heavy atom. The predicted molar refractivity (Wildman–Crippen MR) is 123 cm³/mol. The van der Waals surface area contributed by atoms with Crippen LogP contribution in [0.2, 0.25) is 0 Å². The van der Waals surface area contributed by atoms with Gasteiger partial charge < -0.3 is 15.2 Å². The van der Waals surface area contributed by atoms with Crippen molar-refractivity contribution in [3.63, 3.8) is 0 Å². The molecular weight excluding hydrogens is 388 g/mol. The molecule has 0 amide bonds. The molecule has 3 rings (SSSR count). The van der Waals surface area contributed by atoms with Gasteiger partial charge in [0, 0.05) is 49.7 Å². The summed E-state index contributed by atoms with van der Waals surface area (Å²) < 4.78 is 11.5. The van der Waals surface area contributed by atoms with Crippen LogP contribution in [-0.4, -0.2) is 31.1 Å². The van der Waals surface area contributed by atoms with Gasteiger partial charge in [-0.25, -0.2) is 0 Å². The monoisotopic (exact) mass is 418 g/mol. The van der Waals surface area contributed by atoms with Gasteiger partial charge in [0.1, 0.15) is 5.75 Å². The van der Waals surface area contributed by atoms with Crippen LogP contribution < -0.4 is 10.5 Å². The average Bonchev–Trinajstić information content (AvgIpc) is 2.79. The lowest BCUT2D eigenvalue weighted by Gasteiger charge is -2.22. The van der Waals surface area contributed by atoms with Crippen LogP contribution >= 0.6 is 0 Å². The first-order valence-corrected chi connectivity index (χ1v) is 10.7. The first kappa shape index (κ1) is 22.5. The fourth-order valence-corrected chi connectivity index (χ4v) is 3.61. The van der Waals surface area contributed by atoms with Crippen LogP contribution in [0.15, 0.2) is 53.3 Å². The molecule has 0 atom stereocenters. The van der Waals surface area contributed by atoms with Crippen molar-refractivity contribution in [2.24, 2.45) is 22.6 Å². The van der Waals surface area contributed by atoms with Crippen LogP contribution in [0, 0.1) is 23.2 Å². The minimum absolute atomic E-state index is 0.259. The summed E-state index contributed by atoms with van der Waals surface area (Å²) in [6.45, 7) is 5.80. The SMILES string of the molecule is CN=C(C=C(N)C1CCOCC1)Oc1cc(C#N)ccc1-c1ccc(CC(C)C)cn1. The van der Waals surface area contributed by atoms with E-state index in [9.17, 15) is 5.26 Å². The van der Waals surface area contributed by atoms with E-state index in [0.717, 1.165) is 36.2 Å². The summed E-state index contributed by atoms with van der Waals surface area (Å²) in [5.74, 6) is 1.75. The molecule has 0 bridgehead atoms. The Balaban J connectivity index is 1.88. The number of benzene rings is 1. The Labute approximate surface area is 184 Å². The molecule has 2 aromatic rings. The quantitative estimate of drug-likeness (QED) is 0.551. The van der Waals surface area contributed by atoms with E-state index < -0.39 is 0 Å². The molecule has 1 saturated heterocycles. The first-order valence-electron chi connectivity index (χ1n) is 10.7. The van der Waals surface area contributed by atoms with Crippen molar-refractivity contribution in [2.45, 2.75) is 33.1 Å². The second-order valence-electron chi connectivity index (χ2n) is 8.17. The van der Waals surface area contributed by atoms with Crippen LogP contribution in [0.4, 0.5) is 0 Å². The molecule has 0 spiro atoms. The van der Waals surface area contributed by atoms with Gasteiger partial charge in [-0.3, -0.25) is 9.98 Å². The summed E-state index contributed by atoms with van der Waals surface area (Å²) >= 11 is 0. The number of nitriles is 1. The molecule has 1 aliphatic heterocycles. The van der Waals surface area contributed by atoms with Crippen LogP contribution in [0.1, 0.15) is 37.8 Å². The predicted octanol–water partition coefficient (Wildman–Crippen LogP) is 4.50. The highest BCUT2D eigenvalue weighted by Crippen LogP contribution is 2.31. The molecule has 0 saturated carbocycles. The standard InChI is InChI=1S/C25H30N4O2/c1-17(2)12-19-5-7-23(29-16-19)21-6-4-18(15-26)13-24(21)31-25(28-3)14-22(27)20-8-10-30-11-9-20/h4-7,13-14,16-17,20H,8-12,27H2,1-3H3. The third-order valence-corrected chi connectivity index (χ3v) is 5.27. The third-order valence-electron chi connectivity index (χ3n) is 5.27. The molecule has 2 heterocycles. The zero-order valence-corrected chi connectivity index (χ0v) is 18.5. The lowest BCUT2D eigenvalue weighted by molar-refractivity contribution is 0.0754. The normalized spacial score (nSPS) is 15.7. The van der Waals surface area contributed by atoms with Crippen LogP contribution in [0.3, 0.4) is 0 Å². The van der Waals surface area contributed by atoms with Crippen LogP contribution in [0.5, 0.6) is 5.75 Å². The number of hydrogen-bond donors (Lipinski definition) is 1. The van der Waals surface area contributed by atoms with Crippen molar-refractivity contribution in [3.8, 4) is 23.1 Å². The number of pyridine rings is 1. The minimum Gasteiger partial charge on any atom is -0.439 e. The number of ether oxygens (including phenoxy) is 2. The molecule has 1 aliphatic rings. The van der Waals surface area contributed by atoms with Crippen molar-refractivity contribution < 1.29 is 9.47 Å². The van der Waals surface area contributed by atoms with Crippen LogP contribution in [0.25, 0.3) is 11.3 Å². The van der Waals surface area contributed by atoms with E-state index in [-0.39, 0.29) is 5.92 Å². The molecule has 1 fully saturated rings. The van der Waals surface area contributed by atoms with Crippen molar-refractivity contribution in [1.82, 2.24) is 4.98 Å². The Morgan fingerprint density at radius 1 is 1.32 bits per heavy atom. The molecule has 162 valence electrons. The summed E-state index contributed by atoms with van der Waals surface area (Å²) in [7, 11) is 1.66. The van der Waals surface area contributed by atoms with Crippen LogP contribution in [-0.2, 0) is 11.2 Å². The van der Waals surface area contributed by atoms with E-state index in [1.807, 2.05) is 18.3 Å². The summed E-state index contributed by atoms with van der Waals surface area (Å²) in [5.41, 5.74) is 10.3. The van der Waals surface area contributed by atoms with Gasteiger partial charge in [-0.05, 0) is 55.0 Å². The van der Waals surface area contributed by atoms with Gasteiger partial charge in [0.25, 0.3) is 0 Å². The maximum Gasteiger partial charge on any atom is 0.216 e. The molecule has 1 aromatic carbocycles. The van der Waals surface area contributed by atoms with E-state index in [1.165, 1.54) is 5.56 Å². The lowest BCUT2D eigenvalue weighted by atomic mass is 9.96. The van der Waals surface area contributed by atoms with Gasteiger partial charge in [-0.1, -0.05) is 19.9 Å². The Hall–Kier alpha value is -3.17. The summed E-state index contributed by atoms with van der Waals surface area (Å²) in [5, 5.41) is 9.36. The third kappa shape index (κ3) is 6.16. The minimum atomic E-state index is 0.259. The Morgan fingerprint density at radius 3 is 2.71 bits per heavy atom. The molecule has 2 N–H and O–H groups in total. The highest BCUT2D eigenvalue weighted by molar-refractivity contribution is 5.91. The Kier molecular flexibility index (Phi) is 7.80. The number of nitrogens with two attached hydrogens (primary N) is 1. The number of hydrogen-bond acceptors (Lipinski definition) is 6. The van der Waals surface area contributed by atoms with Gasteiger partial charge in [0.2, 0.25) is 5.90 Å². The fraction of sp³-hybridized carbons (Fsp3) is 0.400. The van der Waals surface area contributed by atoms with Gasteiger partial charge in [-0.15, -0.1) is 0 Å². The van der Waals surface area contributed by atoms with Gasteiger partial charge >= 0.3 is 0 Å². The Bertz CT molecular complexity index is 982. The number of aliphatic imine (C=N–C) groups is 1. The average molecular weight is 419 g/mol. The van der Waals surface area contributed by atoms with E-state index >= 15 is 0 Å². The maximum atomic E-state index is 9.36. The van der Waals surface area contributed by atoms with E-state index in [2.05, 4.69) is 36.0 Å². The summed E-state index contributed by atoms with van der Waals surface area (Å²) in [6.07, 6.45) is 6.43. The smallest absolute Gasteiger partial charge is 0.216 e. The highest BCUT2D eigenvalue weighted by Gasteiger charge is 2.18. The largest absolute Gasteiger partial charge is 0.439 e. The highest BCUT2D eigenvalue weighted by atomic mass is 16.5. The maximum absolute atomic E-state index is 9.36. The van der Waals surface area contributed by atoms with Crippen molar-refractivity contribution in [2.75, 3.05) is 20.3 Å². The molecule has 0 aliphatic carbocycles. The molecule has 6 nitrogen and oxygen atoms in total. The van der Waals surface area contributed by atoms with Gasteiger partial charge in [0.15, 0.2) is 0 Å². The van der Waals surface area contributed by atoms with Crippen molar-refractivity contribution in [3.05, 3.63) is 59.4 Å². The van der Waals surface area contributed by atoms with Crippen molar-refractivity contribution in [1.29, 1.82) is 5.26 Å². The number of rotatable bonds is 6. The van der Waals surface area contributed by atoms with Crippen molar-refractivity contribution >= 4 is 5.90 Å². The molecule has 0 unspecified atom stereocenters. The summed E-state index contributed by atoms with van der Waals surface area (Å²) in [6, 6.07) is 11.6. The van der Waals surface area contributed by atoms with E-state index in [1.54, 1.807) is 25.3 Å². The molecular formula is C25H30N4O2. The van der Waals surface area contributed by atoms with E-state index in [4.69, 9.17) is 15.2 Å². The van der Waals surface area contributed by atoms with E-state index in [0.29, 0.717) is 36.3 Å². The molecule has 1 aromatic heterocycles. The molecule has 31 heavy (non-hydrogen) atoms. The lowest BCUT2D eigenvalue weighted by Crippen LogP contribution is -2.23.